The van der Waals surface area contributed by atoms with Crippen molar-refractivity contribution in [1.29, 1.82) is 0 Å². The maximum Gasteiger partial charge on any atom is 0.230 e. The molecule has 5 atom stereocenters. The van der Waals surface area contributed by atoms with E-state index in [9.17, 15) is 15.3 Å². The largest absolute Gasteiger partial charge is 0.447 e. The van der Waals surface area contributed by atoms with Crippen LogP contribution >= 0.6 is 15.9 Å². The number of benzene rings is 1. The molecular weight excluding hydrogens is 358 g/mol. The minimum absolute atomic E-state index is 0.345. The summed E-state index contributed by atoms with van der Waals surface area (Å²) in [5.74, 6) is 0.345. The van der Waals surface area contributed by atoms with Crippen molar-refractivity contribution < 1.29 is 29.9 Å². The van der Waals surface area contributed by atoms with Crippen LogP contribution in [0.3, 0.4) is 0 Å². The summed E-state index contributed by atoms with van der Waals surface area (Å²) in [7, 11) is 0. The summed E-state index contributed by atoms with van der Waals surface area (Å²) in [4.78, 5) is 3.01. The standard InChI is InChI=1S/C14H16BrNO6/c15-7-1-2-8-6(3-7)4-10(16-8)22-14-13(20)12(19)11(18)9(5-17)21-14/h1-4,9,11-14,16-20H,5H2/t9-,11+,12+,13-,14+/m1/s1. The molecular formula is C14H16BrNO6. The van der Waals surface area contributed by atoms with E-state index in [4.69, 9.17) is 14.6 Å². The molecule has 7 nitrogen and oxygen atoms in total. The second kappa shape index (κ2) is 6.15. The molecule has 3 rings (SSSR count). The normalized spacial score (nSPS) is 32.3. The van der Waals surface area contributed by atoms with E-state index in [0.29, 0.717) is 5.88 Å². The Balaban J connectivity index is 1.80. The third kappa shape index (κ3) is 2.85. The molecule has 0 aliphatic carbocycles. The highest BCUT2D eigenvalue weighted by Crippen LogP contribution is 2.27. The lowest BCUT2D eigenvalue weighted by molar-refractivity contribution is -0.278. The molecule has 2 aromatic rings. The monoisotopic (exact) mass is 373 g/mol. The molecule has 0 radical (unpaired) electrons. The zero-order chi connectivity index (χ0) is 15.9. The zero-order valence-electron chi connectivity index (χ0n) is 11.4. The fraction of sp³-hybridized carbons (Fsp3) is 0.429. The Kier molecular flexibility index (Phi) is 4.40. The van der Waals surface area contributed by atoms with Gasteiger partial charge in [-0.25, -0.2) is 0 Å². The number of rotatable bonds is 3. The number of hydrogen-bond acceptors (Lipinski definition) is 6. The first-order chi connectivity index (χ1) is 10.5. The summed E-state index contributed by atoms with van der Waals surface area (Å²) >= 11 is 3.37. The summed E-state index contributed by atoms with van der Waals surface area (Å²) in [6.07, 6.45) is -6.50. The van der Waals surface area contributed by atoms with Crippen LogP contribution in [0.1, 0.15) is 0 Å². The first kappa shape index (κ1) is 15.7. The highest BCUT2D eigenvalue weighted by molar-refractivity contribution is 9.10. The summed E-state index contributed by atoms with van der Waals surface area (Å²) < 4.78 is 11.7. The van der Waals surface area contributed by atoms with Gasteiger partial charge < -0.3 is 34.9 Å². The van der Waals surface area contributed by atoms with E-state index >= 15 is 0 Å². The van der Waals surface area contributed by atoms with Gasteiger partial charge in [0, 0.05) is 21.4 Å². The fourth-order valence-electron chi connectivity index (χ4n) is 2.43. The van der Waals surface area contributed by atoms with Gasteiger partial charge in [0.25, 0.3) is 0 Å². The lowest BCUT2D eigenvalue weighted by Crippen LogP contribution is -2.60. The van der Waals surface area contributed by atoms with Crippen molar-refractivity contribution in [3.63, 3.8) is 0 Å². The molecule has 0 bridgehead atoms. The third-order valence-electron chi connectivity index (χ3n) is 3.65. The van der Waals surface area contributed by atoms with E-state index in [-0.39, 0.29) is 0 Å². The van der Waals surface area contributed by atoms with Crippen molar-refractivity contribution in [3.8, 4) is 5.88 Å². The Hall–Kier alpha value is -1.16. The average Bonchev–Trinajstić information content (AvgIpc) is 2.89. The molecule has 5 N–H and O–H groups in total. The molecule has 120 valence electrons. The Labute approximate surface area is 134 Å². The van der Waals surface area contributed by atoms with Crippen molar-refractivity contribution in [2.75, 3.05) is 6.61 Å². The minimum Gasteiger partial charge on any atom is -0.447 e. The Morgan fingerprint density at radius 3 is 2.64 bits per heavy atom. The van der Waals surface area contributed by atoms with E-state index in [1.807, 2.05) is 18.2 Å². The van der Waals surface area contributed by atoms with Gasteiger partial charge in [0.15, 0.2) is 5.88 Å². The molecule has 1 saturated heterocycles. The van der Waals surface area contributed by atoms with Gasteiger partial charge in [-0.1, -0.05) is 15.9 Å². The fourth-order valence-corrected chi connectivity index (χ4v) is 2.81. The van der Waals surface area contributed by atoms with E-state index in [1.54, 1.807) is 6.07 Å². The van der Waals surface area contributed by atoms with Gasteiger partial charge in [0.2, 0.25) is 6.29 Å². The third-order valence-corrected chi connectivity index (χ3v) is 4.14. The van der Waals surface area contributed by atoms with Crippen LogP contribution in [0.15, 0.2) is 28.7 Å². The first-order valence-corrected chi connectivity index (χ1v) is 7.54. The van der Waals surface area contributed by atoms with E-state index in [0.717, 1.165) is 15.4 Å². The molecule has 0 amide bonds. The van der Waals surface area contributed by atoms with Crippen molar-refractivity contribution >= 4 is 26.8 Å². The minimum atomic E-state index is -1.46. The topological polar surface area (TPSA) is 115 Å². The van der Waals surface area contributed by atoms with Gasteiger partial charge in [-0.2, -0.15) is 0 Å². The SMILES string of the molecule is OC[C@H]1O[C@@H](Oc2cc3cc(Br)ccc3[nH]2)[C@H](O)[C@@H](O)[C@H]1O. The maximum absolute atomic E-state index is 9.94. The van der Waals surface area contributed by atoms with E-state index < -0.39 is 37.3 Å². The van der Waals surface area contributed by atoms with Gasteiger partial charge in [-0.3, -0.25) is 0 Å². The predicted molar refractivity (Wildman–Crippen MR) is 80.4 cm³/mol. The zero-order valence-corrected chi connectivity index (χ0v) is 13.0. The lowest BCUT2D eigenvalue weighted by Gasteiger charge is -2.39. The molecule has 1 aliphatic heterocycles. The molecule has 1 aromatic heterocycles. The first-order valence-electron chi connectivity index (χ1n) is 6.75. The van der Waals surface area contributed by atoms with Crippen molar-refractivity contribution in [3.05, 3.63) is 28.7 Å². The molecule has 2 heterocycles. The van der Waals surface area contributed by atoms with E-state index in [2.05, 4.69) is 20.9 Å². The lowest BCUT2D eigenvalue weighted by atomic mass is 9.99. The van der Waals surface area contributed by atoms with Crippen molar-refractivity contribution in [1.82, 2.24) is 4.98 Å². The smallest absolute Gasteiger partial charge is 0.230 e. The molecule has 1 fully saturated rings. The number of aliphatic hydroxyl groups excluding tert-OH is 4. The van der Waals surface area contributed by atoms with Crippen LogP contribution in [0.4, 0.5) is 0 Å². The number of ether oxygens (including phenoxy) is 2. The number of aliphatic hydroxyl groups is 4. The average molecular weight is 374 g/mol. The van der Waals surface area contributed by atoms with Crippen LogP contribution < -0.4 is 4.74 Å². The van der Waals surface area contributed by atoms with E-state index in [1.165, 1.54) is 0 Å². The van der Waals surface area contributed by atoms with Gasteiger partial charge in [0.05, 0.1) is 6.61 Å². The molecule has 0 saturated carbocycles. The number of halogens is 1. The number of H-pyrrole nitrogens is 1. The molecule has 1 aliphatic rings. The molecule has 1 aromatic carbocycles. The van der Waals surface area contributed by atoms with Crippen LogP contribution in [0.2, 0.25) is 0 Å². The van der Waals surface area contributed by atoms with Crippen molar-refractivity contribution in [2.24, 2.45) is 0 Å². The van der Waals surface area contributed by atoms with Gasteiger partial charge in [-0.05, 0) is 18.2 Å². The number of hydrogen-bond donors (Lipinski definition) is 5. The van der Waals surface area contributed by atoms with Gasteiger partial charge in [-0.15, -0.1) is 0 Å². The number of aromatic amines is 1. The summed E-state index contributed by atoms with van der Waals surface area (Å²) in [6, 6.07) is 7.35. The second-order valence-electron chi connectivity index (χ2n) is 5.18. The number of fused-ring (bicyclic) bond motifs is 1. The van der Waals surface area contributed by atoms with Crippen LogP contribution in [-0.4, -0.2) is 62.7 Å². The molecule has 22 heavy (non-hydrogen) atoms. The molecule has 0 unspecified atom stereocenters. The Morgan fingerprint density at radius 1 is 1.14 bits per heavy atom. The molecule has 8 heteroatoms. The molecule has 0 spiro atoms. The van der Waals surface area contributed by atoms with Gasteiger partial charge in [0.1, 0.15) is 24.4 Å². The second-order valence-corrected chi connectivity index (χ2v) is 6.10. The summed E-state index contributed by atoms with van der Waals surface area (Å²) in [5.41, 5.74) is 0.836. The van der Waals surface area contributed by atoms with Gasteiger partial charge >= 0.3 is 0 Å². The van der Waals surface area contributed by atoms with Crippen LogP contribution in [0.5, 0.6) is 5.88 Å². The highest BCUT2D eigenvalue weighted by atomic mass is 79.9. The Morgan fingerprint density at radius 2 is 1.91 bits per heavy atom. The summed E-state index contributed by atoms with van der Waals surface area (Å²) in [5, 5.41) is 39.4. The quantitative estimate of drug-likeness (QED) is 0.521. The highest BCUT2D eigenvalue weighted by Gasteiger charge is 2.44. The maximum atomic E-state index is 9.94. The predicted octanol–water partition coefficient (Wildman–Crippen LogP) is 0.109. The number of nitrogens with one attached hydrogen (secondary N) is 1. The van der Waals surface area contributed by atoms with Crippen LogP contribution in [0.25, 0.3) is 10.9 Å². The Bertz CT molecular complexity index is 660. The van der Waals surface area contributed by atoms with Crippen LogP contribution in [-0.2, 0) is 4.74 Å². The van der Waals surface area contributed by atoms with Crippen LogP contribution in [0, 0.1) is 0 Å². The van der Waals surface area contributed by atoms with Crippen molar-refractivity contribution in [2.45, 2.75) is 30.7 Å². The summed E-state index contributed by atoms with van der Waals surface area (Å²) in [6.45, 7) is -0.496. The number of aromatic nitrogens is 1.